The van der Waals surface area contributed by atoms with Crippen LogP contribution < -0.4 is 0 Å². The molecule has 0 heterocycles. The van der Waals surface area contributed by atoms with E-state index in [1.165, 1.54) is 75.9 Å². The lowest BCUT2D eigenvalue weighted by atomic mass is 9.91. The second kappa shape index (κ2) is 23.6. The molecule has 0 N–H and O–H groups in total. The van der Waals surface area contributed by atoms with Gasteiger partial charge >= 0.3 is 0 Å². The van der Waals surface area contributed by atoms with Gasteiger partial charge in [-0.3, -0.25) is 0 Å². The summed E-state index contributed by atoms with van der Waals surface area (Å²) in [5.41, 5.74) is 0. The molecule has 188 valence electrons. The fourth-order valence-corrected chi connectivity index (χ4v) is 8.53. The first-order valence-corrected chi connectivity index (χ1v) is 17.8. The lowest BCUT2D eigenvalue weighted by Crippen LogP contribution is -2.21. The van der Waals surface area contributed by atoms with Crippen molar-refractivity contribution in [3.63, 3.8) is 0 Å². The normalized spacial score (nSPS) is 14.2. The molecule has 0 atom stereocenters. The predicted molar refractivity (Wildman–Crippen MR) is 139 cm³/mol. The van der Waals surface area contributed by atoms with Crippen LogP contribution in [0.3, 0.4) is 0 Å². The summed E-state index contributed by atoms with van der Waals surface area (Å²) in [5.74, 6) is 1.16. The first kappa shape index (κ1) is 31.4. The van der Waals surface area contributed by atoms with Gasteiger partial charge in [0, 0.05) is 42.7 Å². The summed E-state index contributed by atoms with van der Waals surface area (Å²) in [6, 6.07) is 3.96. The number of methoxy groups -OCH3 is 6. The highest BCUT2D eigenvalue weighted by molar-refractivity contribution is 6.37. The van der Waals surface area contributed by atoms with Crippen LogP contribution in [0.5, 0.6) is 0 Å². The standard InChI is InChI=1S/C22H52O6Si3/c1-23-20(24-2)29-16-10-7-13-19(14-8-11-17-30-21(25-3)26-4)15-9-12-18-31-22(27-5)28-6/h19-22H,7-18,29-31H2,1-6H3. The molecule has 0 amide bonds. The van der Waals surface area contributed by atoms with Crippen molar-refractivity contribution in [2.45, 2.75) is 93.7 Å². The van der Waals surface area contributed by atoms with Crippen molar-refractivity contribution >= 4 is 28.6 Å². The minimum Gasteiger partial charge on any atom is -0.360 e. The van der Waals surface area contributed by atoms with Gasteiger partial charge in [-0.1, -0.05) is 75.9 Å². The molecule has 0 saturated heterocycles. The lowest BCUT2D eigenvalue weighted by Gasteiger charge is -2.18. The molecule has 0 spiro atoms. The van der Waals surface area contributed by atoms with Crippen molar-refractivity contribution in [3.8, 4) is 0 Å². The minimum atomic E-state index is -0.273. The molecule has 0 saturated carbocycles. The Morgan fingerprint density at radius 3 is 0.903 bits per heavy atom. The van der Waals surface area contributed by atoms with Gasteiger partial charge in [-0.15, -0.1) is 0 Å². The second-order valence-corrected chi connectivity index (χ2v) is 14.3. The average molecular weight is 497 g/mol. The van der Waals surface area contributed by atoms with Gasteiger partial charge in [0.1, 0.15) is 17.7 Å². The van der Waals surface area contributed by atoms with Crippen LogP contribution >= 0.6 is 0 Å². The van der Waals surface area contributed by atoms with E-state index in [1.807, 2.05) is 0 Å². The van der Waals surface area contributed by atoms with Gasteiger partial charge in [-0.05, 0) is 5.92 Å². The van der Waals surface area contributed by atoms with Crippen LogP contribution in [-0.4, -0.2) is 89.0 Å². The monoisotopic (exact) mass is 496 g/mol. The maximum absolute atomic E-state index is 5.36. The van der Waals surface area contributed by atoms with E-state index in [0.717, 1.165) is 5.92 Å². The summed E-state index contributed by atoms with van der Waals surface area (Å²) >= 11 is 0. The van der Waals surface area contributed by atoms with E-state index in [-0.39, 0.29) is 46.3 Å². The highest BCUT2D eigenvalue weighted by Crippen LogP contribution is 2.24. The van der Waals surface area contributed by atoms with Crippen molar-refractivity contribution in [2.75, 3.05) is 42.7 Å². The summed E-state index contributed by atoms with van der Waals surface area (Å²) in [6.45, 7) is 0. The molecule has 31 heavy (non-hydrogen) atoms. The third-order valence-corrected chi connectivity index (χ3v) is 12.4. The van der Waals surface area contributed by atoms with Crippen LogP contribution in [-0.2, 0) is 28.4 Å². The van der Waals surface area contributed by atoms with E-state index in [4.69, 9.17) is 28.4 Å². The third-order valence-electron chi connectivity index (χ3n) is 6.23. The molecule has 0 radical (unpaired) electrons. The molecule has 0 rings (SSSR count). The minimum absolute atomic E-state index is 0.0928. The van der Waals surface area contributed by atoms with Crippen LogP contribution in [0.25, 0.3) is 0 Å². The quantitative estimate of drug-likeness (QED) is 0.116. The largest absolute Gasteiger partial charge is 0.360 e. The van der Waals surface area contributed by atoms with Crippen molar-refractivity contribution < 1.29 is 28.4 Å². The van der Waals surface area contributed by atoms with E-state index >= 15 is 0 Å². The first-order chi connectivity index (χ1) is 15.1. The van der Waals surface area contributed by atoms with Crippen LogP contribution in [0.2, 0.25) is 18.1 Å². The Bertz CT molecular complexity index is 304. The van der Waals surface area contributed by atoms with E-state index in [2.05, 4.69) is 0 Å². The van der Waals surface area contributed by atoms with Crippen molar-refractivity contribution in [1.29, 1.82) is 0 Å². The molecule has 0 aliphatic heterocycles. The molecular formula is C22H52O6Si3. The molecule has 0 aromatic rings. The summed E-state index contributed by atoms with van der Waals surface area (Å²) in [5, 5.41) is 0. The molecular weight excluding hydrogens is 444 g/mol. The fraction of sp³-hybridized carbons (Fsp3) is 1.00. The van der Waals surface area contributed by atoms with Gasteiger partial charge in [-0.25, -0.2) is 0 Å². The second-order valence-electron chi connectivity index (χ2n) is 8.48. The van der Waals surface area contributed by atoms with Gasteiger partial charge in [0.15, 0.2) is 0 Å². The number of hydrogen-bond acceptors (Lipinski definition) is 6. The summed E-state index contributed by atoms with van der Waals surface area (Å²) in [4.78, 5) is 0. The predicted octanol–water partition coefficient (Wildman–Crippen LogP) is 2.60. The summed E-state index contributed by atoms with van der Waals surface area (Å²) in [7, 11) is 9.72. The number of hydrogen-bond donors (Lipinski definition) is 0. The Morgan fingerprint density at radius 1 is 0.419 bits per heavy atom. The van der Waals surface area contributed by atoms with Crippen molar-refractivity contribution in [2.24, 2.45) is 5.92 Å². The maximum atomic E-state index is 5.36. The average Bonchev–Trinajstić information content (AvgIpc) is 2.80. The number of rotatable bonds is 24. The SMILES string of the molecule is COC(OC)[SiH2]CCCCC(CCCC[SiH2]C(OC)OC)CCCC[SiH2]C(OC)OC. The van der Waals surface area contributed by atoms with E-state index in [1.54, 1.807) is 42.7 Å². The van der Waals surface area contributed by atoms with E-state index < -0.39 is 0 Å². The number of ether oxygens (including phenoxy) is 6. The Balaban J connectivity index is 4.13. The molecule has 6 nitrogen and oxygen atoms in total. The zero-order valence-electron chi connectivity index (χ0n) is 21.4. The van der Waals surface area contributed by atoms with Crippen LogP contribution in [0.15, 0.2) is 0 Å². The maximum Gasteiger partial charge on any atom is 0.134 e. The zero-order chi connectivity index (χ0) is 23.2. The smallest absolute Gasteiger partial charge is 0.134 e. The topological polar surface area (TPSA) is 55.4 Å². The molecule has 0 fully saturated rings. The summed E-state index contributed by atoms with van der Waals surface area (Å²) < 4.78 is 32.1. The van der Waals surface area contributed by atoms with Gasteiger partial charge in [-0.2, -0.15) is 0 Å². The number of unbranched alkanes of at least 4 members (excludes halogenated alkanes) is 3. The Labute approximate surface area is 199 Å². The fourth-order valence-electron chi connectivity index (χ4n) is 4.19. The van der Waals surface area contributed by atoms with Gasteiger partial charge in [0.25, 0.3) is 0 Å². The van der Waals surface area contributed by atoms with Crippen LogP contribution in [0.4, 0.5) is 0 Å². The Kier molecular flexibility index (Phi) is 23.9. The zero-order valence-corrected chi connectivity index (χ0v) is 25.6. The van der Waals surface area contributed by atoms with E-state index in [9.17, 15) is 0 Å². The molecule has 0 aromatic carbocycles. The van der Waals surface area contributed by atoms with Crippen LogP contribution in [0.1, 0.15) is 57.8 Å². The van der Waals surface area contributed by atoms with Crippen LogP contribution in [0, 0.1) is 5.92 Å². The van der Waals surface area contributed by atoms with Gasteiger partial charge in [0.2, 0.25) is 0 Å². The molecule has 0 aliphatic carbocycles. The lowest BCUT2D eigenvalue weighted by molar-refractivity contribution is -0.0442. The third kappa shape index (κ3) is 18.5. The summed E-state index contributed by atoms with van der Waals surface area (Å²) in [6.07, 6.45) is 12.2. The molecule has 0 bridgehead atoms. The van der Waals surface area contributed by atoms with E-state index in [0.29, 0.717) is 0 Å². The van der Waals surface area contributed by atoms with Crippen molar-refractivity contribution in [1.82, 2.24) is 0 Å². The highest BCUT2D eigenvalue weighted by atomic mass is 28.2. The first-order valence-electron chi connectivity index (χ1n) is 12.3. The molecule has 0 aromatic heterocycles. The Morgan fingerprint density at radius 2 is 0.677 bits per heavy atom. The van der Waals surface area contributed by atoms with Gasteiger partial charge < -0.3 is 28.4 Å². The molecule has 0 unspecified atom stereocenters. The Hall–Kier alpha value is 0.411. The molecule has 9 heteroatoms. The van der Waals surface area contributed by atoms with Gasteiger partial charge in [0.05, 0.1) is 28.6 Å². The molecule has 0 aliphatic rings. The van der Waals surface area contributed by atoms with Crippen molar-refractivity contribution in [3.05, 3.63) is 0 Å². The highest BCUT2D eigenvalue weighted by Gasteiger charge is 2.12.